The van der Waals surface area contributed by atoms with Crippen LogP contribution < -0.4 is 0 Å². The molecular weight excluding hydrogens is 184 g/mol. The molecule has 1 aromatic carbocycles. The second-order valence-corrected chi connectivity index (χ2v) is 4.29. The average molecular weight is 196 g/mol. The molecule has 0 spiro atoms. The summed E-state index contributed by atoms with van der Waals surface area (Å²) >= 11 is 0. The third-order valence-electron chi connectivity index (χ3n) is 3.28. The Hall–Kier alpha value is -1.75. The second-order valence-electron chi connectivity index (χ2n) is 4.29. The van der Waals surface area contributed by atoms with Crippen LogP contribution in [0, 0.1) is 18.3 Å². The van der Waals surface area contributed by atoms with Crippen molar-refractivity contribution in [1.29, 1.82) is 5.26 Å². The summed E-state index contributed by atoms with van der Waals surface area (Å²) in [4.78, 5) is 3.38. The molecule has 1 heterocycles. The van der Waals surface area contributed by atoms with E-state index < -0.39 is 0 Å². The molecule has 0 bridgehead atoms. The number of aryl methyl sites for hydroxylation is 2. The molecule has 1 N–H and O–H groups in total. The number of aromatic amines is 1. The number of H-pyrrole nitrogens is 1. The quantitative estimate of drug-likeness (QED) is 0.691. The van der Waals surface area contributed by atoms with Gasteiger partial charge in [-0.3, -0.25) is 0 Å². The lowest BCUT2D eigenvalue weighted by atomic mass is 10.1. The fraction of sp³-hybridized carbons (Fsp3) is 0.308. The Morgan fingerprint density at radius 3 is 3.13 bits per heavy atom. The molecule has 2 nitrogen and oxygen atoms in total. The smallest absolute Gasteiger partial charge is 0.0869 e. The zero-order valence-corrected chi connectivity index (χ0v) is 8.67. The van der Waals surface area contributed by atoms with Gasteiger partial charge < -0.3 is 4.98 Å². The SMILES string of the molecule is Cc1ccc2[nH]c3c(c2c1)CC[C@@H]3C#N. The standard InChI is InChI=1S/C13H12N2/c1-8-2-5-12-11(6-8)10-4-3-9(7-14)13(10)15-12/h2,5-6,9,15H,3-4H2,1H3/t9-/m1/s1. The van der Waals surface area contributed by atoms with Crippen LogP contribution in [0.4, 0.5) is 0 Å². The van der Waals surface area contributed by atoms with E-state index in [-0.39, 0.29) is 5.92 Å². The Bertz CT molecular complexity index is 572. The molecule has 0 unspecified atom stereocenters. The summed E-state index contributed by atoms with van der Waals surface area (Å²) < 4.78 is 0. The van der Waals surface area contributed by atoms with Crippen LogP contribution in [0.25, 0.3) is 10.9 Å². The van der Waals surface area contributed by atoms with Crippen LogP contribution in [0.1, 0.15) is 29.2 Å². The number of hydrogen-bond acceptors (Lipinski definition) is 1. The van der Waals surface area contributed by atoms with Gasteiger partial charge in [0.05, 0.1) is 12.0 Å². The summed E-state index contributed by atoms with van der Waals surface area (Å²) in [6.07, 6.45) is 2.01. The van der Waals surface area contributed by atoms with Crippen LogP contribution in [0.5, 0.6) is 0 Å². The van der Waals surface area contributed by atoms with Crippen molar-refractivity contribution < 1.29 is 0 Å². The molecular formula is C13H12N2. The minimum absolute atomic E-state index is 0.0766. The number of fused-ring (bicyclic) bond motifs is 3. The van der Waals surface area contributed by atoms with Crippen LogP contribution in [0.3, 0.4) is 0 Å². The van der Waals surface area contributed by atoms with E-state index in [1.807, 2.05) is 0 Å². The van der Waals surface area contributed by atoms with Crippen LogP contribution in [-0.4, -0.2) is 4.98 Å². The lowest BCUT2D eigenvalue weighted by Crippen LogP contribution is -1.88. The van der Waals surface area contributed by atoms with Crippen LogP contribution >= 0.6 is 0 Å². The van der Waals surface area contributed by atoms with E-state index in [0.717, 1.165) is 18.5 Å². The maximum atomic E-state index is 9.02. The number of nitriles is 1. The van der Waals surface area contributed by atoms with Gasteiger partial charge >= 0.3 is 0 Å². The predicted octanol–water partition coefficient (Wildman–Crippen LogP) is 3.03. The van der Waals surface area contributed by atoms with Crippen molar-refractivity contribution in [3.05, 3.63) is 35.0 Å². The maximum Gasteiger partial charge on any atom is 0.0869 e. The molecule has 3 rings (SSSR count). The van der Waals surface area contributed by atoms with Crippen molar-refractivity contribution in [3.8, 4) is 6.07 Å². The molecule has 15 heavy (non-hydrogen) atoms. The lowest BCUT2D eigenvalue weighted by Gasteiger charge is -1.96. The zero-order chi connectivity index (χ0) is 10.4. The number of hydrogen-bond donors (Lipinski definition) is 1. The van der Waals surface area contributed by atoms with Gasteiger partial charge in [0.2, 0.25) is 0 Å². The summed E-state index contributed by atoms with van der Waals surface area (Å²) in [5.41, 5.74) is 4.97. The Morgan fingerprint density at radius 1 is 1.47 bits per heavy atom. The molecule has 1 aromatic heterocycles. The van der Waals surface area contributed by atoms with E-state index in [0.29, 0.717) is 0 Å². The average Bonchev–Trinajstić information content (AvgIpc) is 2.76. The summed E-state index contributed by atoms with van der Waals surface area (Å²) in [5.74, 6) is 0.0766. The molecule has 1 aliphatic carbocycles. The van der Waals surface area contributed by atoms with E-state index in [1.165, 1.54) is 22.0 Å². The molecule has 74 valence electrons. The van der Waals surface area contributed by atoms with Crippen molar-refractivity contribution in [2.24, 2.45) is 0 Å². The van der Waals surface area contributed by atoms with Gasteiger partial charge in [0.1, 0.15) is 0 Å². The van der Waals surface area contributed by atoms with Gasteiger partial charge in [-0.15, -0.1) is 0 Å². The lowest BCUT2D eigenvalue weighted by molar-refractivity contribution is 0.810. The van der Waals surface area contributed by atoms with E-state index in [4.69, 9.17) is 5.26 Å². The molecule has 0 saturated heterocycles. The Morgan fingerprint density at radius 2 is 2.33 bits per heavy atom. The van der Waals surface area contributed by atoms with Crippen molar-refractivity contribution >= 4 is 10.9 Å². The van der Waals surface area contributed by atoms with Crippen LogP contribution in [0.15, 0.2) is 18.2 Å². The summed E-state index contributed by atoms with van der Waals surface area (Å²) in [5, 5.41) is 10.3. The van der Waals surface area contributed by atoms with E-state index in [2.05, 4.69) is 36.2 Å². The molecule has 0 fully saturated rings. The van der Waals surface area contributed by atoms with Gasteiger partial charge in [0.25, 0.3) is 0 Å². The normalized spacial score (nSPS) is 19.1. The number of nitrogens with one attached hydrogen (secondary N) is 1. The van der Waals surface area contributed by atoms with Crippen molar-refractivity contribution in [2.45, 2.75) is 25.7 Å². The monoisotopic (exact) mass is 196 g/mol. The first kappa shape index (κ1) is 8.55. The molecule has 2 heteroatoms. The minimum Gasteiger partial charge on any atom is -0.357 e. The molecule has 0 radical (unpaired) electrons. The molecule has 0 saturated carbocycles. The van der Waals surface area contributed by atoms with Gasteiger partial charge in [-0.05, 0) is 37.5 Å². The highest BCUT2D eigenvalue weighted by Crippen LogP contribution is 2.37. The van der Waals surface area contributed by atoms with Crippen molar-refractivity contribution in [1.82, 2.24) is 4.98 Å². The number of nitrogens with zero attached hydrogens (tertiary/aromatic N) is 1. The van der Waals surface area contributed by atoms with Crippen LogP contribution in [-0.2, 0) is 6.42 Å². The first-order valence-electron chi connectivity index (χ1n) is 5.30. The van der Waals surface area contributed by atoms with Crippen molar-refractivity contribution in [2.75, 3.05) is 0 Å². The number of aromatic nitrogens is 1. The summed E-state index contributed by atoms with van der Waals surface area (Å²) in [6, 6.07) is 8.79. The van der Waals surface area contributed by atoms with Gasteiger partial charge in [-0.2, -0.15) is 5.26 Å². The molecule has 1 atom stereocenters. The van der Waals surface area contributed by atoms with E-state index in [9.17, 15) is 0 Å². The topological polar surface area (TPSA) is 39.6 Å². The first-order valence-corrected chi connectivity index (χ1v) is 5.30. The highest BCUT2D eigenvalue weighted by molar-refractivity contribution is 5.86. The van der Waals surface area contributed by atoms with Gasteiger partial charge in [0, 0.05) is 16.6 Å². The number of benzene rings is 1. The maximum absolute atomic E-state index is 9.02. The Labute approximate surface area is 88.5 Å². The molecule has 2 aromatic rings. The Kier molecular flexibility index (Phi) is 1.63. The van der Waals surface area contributed by atoms with Gasteiger partial charge in [-0.25, -0.2) is 0 Å². The highest BCUT2D eigenvalue weighted by Gasteiger charge is 2.26. The summed E-state index contributed by atoms with van der Waals surface area (Å²) in [7, 11) is 0. The largest absolute Gasteiger partial charge is 0.357 e. The highest BCUT2D eigenvalue weighted by atomic mass is 14.7. The third-order valence-corrected chi connectivity index (χ3v) is 3.28. The molecule has 0 amide bonds. The minimum atomic E-state index is 0.0766. The zero-order valence-electron chi connectivity index (χ0n) is 8.67. The van der Waals surface area contributed by atoms with Gasteiger partial charge in [0.15, 0.2) is 0 Å². The molecule has 1 aliphatic rings. The fourth-order valence-electron chi connectivity index (χ4n) is 2.51. The fourth-order valence-corrected chi connectivity index (χ4v) is 2.51. The van der Waals surface area contributed by atoms with E-state index >= 15 is 0 Å². The third kappa shape index (κ3) is 1.10. The first-order chi connectivity index (χ1) is 7.29. The Balaban J connectivity index is 2.31. The summed E-state index contributed by atoms with van der Waals surface area (Å²) in [6.45, 7) is 2.11. The van der Waals surface area contributed by atoms with Crippen LogP contribution in [0.2, 0.25) is 0 Å². The second kappa shape index (κ2) is 2.87. The molecule has 0 aliphatic heterocycles. The van der Waals surface area contributed by atoms with E-state index in [1.54, 1.807) is 0 Å². The van der Waals surface area contributed by atoms with Crippen molar-refractivity contribution in [3.63, 3.8) is 0 Å². The van der Waals surface area contributed by atoms with Gasteiger partial charge in [-0.1, -0.05) is 11.6 Å². The predicted molar refractivity (Wildman–Crippen MR) is 59.7 cm³/mol. The number of rotatable bonds is 0.